The fraction of sp³-hybridized carbons (Fsp3) is 0.133. The first kappa shape index (κ1) is 14.1. The van der Waals surface area contributed by atoms with E-state index in [1.165, 1.54) is 0 Å². The van der Waals surface area contributed by atoms with Crippen LogP contribution in [-0.4, -0.2) is 5.91 Å². The summed E-state index contributed by atoms with van der Waals surface area (Å²) < 4.78 is 0.929. The second kappa shape index (κ2) is 5.76. The van der Waals surface area contributed by atoms with Gasteiger partial charge in [0.1, 0.15) is 0 Å². The molecule has 1 amide bonds. The highest BCUT2D eigenvalue weighted by molar-refractivity contribution is 9.10. The first-order chi connectivity index (χ1) is 8.95. The van der Waals surface area contributed by atoms with Crippen LogP contribution in [0, 0.1) is 13.8 Å². The van der Waals surface area contributed by atoms with Crippen molar-refractivity contribution in [1.82, 2.24) is 0 Å². The topological polar surface area (TPSA) is 29.1 Å². The molecule has 0 radical (unpaired) electrons. The Morgan fingerprint density at radius 3 is 2.47 bits per heavy atom. The second-order valence-electron chi connectivity index (χ2n) is 4.45. The Hall–Kier alpha value is -1.32. The molecule has 2 rings (SSSR count). The molecule has 0 aliphatic carbocycles. The highest BCUT2D eigenvalue weighted by Crippen LogP contribution is 2.22. The van der Waals surface area contributed by atoms with E-state index in [0.717, 1.165) is 21.3 Å². The van der Waals surface area contributed by atoms with Crippen LogP contribution in [0.5, 0.6) is 0 Å². The molecule has 4 heteroatoms. The van der Waals surface area contributed by atoms with Gasteiger partial charge in [0, 0.05) is 10.2 Å². The van der Waals surface area contributed by atoms with Crippen molar-refractivity contribution in [2.45, 2.75) is 13.8 Å². The van der Waals surface area contributed by atoms with E-state index in [-0.39, 0.29) is 5.91 Å². The minimum atomic E-state index is -0.206. The van der Waals surface area contributed by atoms with E-state index in [1.807, 2.05) is 38.1 Å². The maximum atomic E-state index is 12.2. The van der Waals surface area contributed by atoms with Crippen molar-refractivity contribution in [3.63, 3.8) is 0 Å². The average Bonchev–Trinajstić information content (AvgIpc) is 2.26. The molecule has 0 unspecified atom stereocenters. The normalized spacial score (nSPS) is 10.3. The van der Waals surface area contributed by atoms with Gasteiger partial charge < -0.3 is 5.32 Å². The van der Waals surface area contributed by atoms with Crippen molar-refractivity contribution in [3.05, 3.63) is 62.6 Å². The summed E-state index contributed by atoms with van der Waals surface area (Å²) in [6.07, 6.45) is 0. The molecule has 2 nitrogen and oxygen atoms in total. The Bertz CT molecular complexity index is 620. The van der Waals surface area contributed by atoms with Gasteiger partial charge in [0.2, 0.25) is 0 Å². The number of rotatable bonds is 2. The van der Waals surface area contributed by atoms with E-state index < -0.39 is 0 Å². The number of halogens is 2. The van der Waals surface area contributed by atoms with Crippen LogP contribution in [-0.2, 0) is 0 Å². The molecule has 2 aromatic rings. The first-order valence-electron chi connectivity index (χ1n) is 5.80. The van der Waals surface area contributed by atoms with Gasteiger partial charge in [-0.25, -0.2) is 0 Å². The van der Waals surface area contributed by atoms with Crippen molar-refractivity contribution in [2.24, 2.45) is 0 Å². The lowest BCUT2D eigenvalue weighted by atomic mass is 10.1. The summed E-state index contributed by atoms with van der Waals surface area (Å²) in [7, 11) is 0. The monoisotopic (exact) mass is 337 g/mol. The van der Waals surface area contributed by atoms with Gasteiger partial charge >= 0.3 is 0 Å². The summed E-state index contributed by atoms with van der Waals surface area (Å²) in [6, 6.07) is 11.1. The summed E-state index contributed by atoms with van der Waals surface area (Å²) in [4.78, 5) is 12.2. The molecule has 0 aliphatic heterocycles. The highest BCUT2D eigenvalue weighted by atomic mass is 79.9. The Labute approximate surface area is 125 Å². The molecule has 0 aliphatic rings. The zero-order chi connectivity index (χ0) is 14.0. The Balaban J connectivity index is 2.25. The summed E-state index contributed by atoms with van der Waals surface area (Å²) >= 11 is 9.49. The predicted molar refractivity (Wildman–Crippen MR) is 83.0 cm³/mol. The van der Waals surface area contributed by atoms with Crippen molar-refractivity contribution < 1.29 is 4.79 Å². The Morgan fingerprint density at radius 2 is 1.84 bits per heavy atom. The molecule has 19 heavy (non-hydrogen) atoms. The molecule has 0 spiro atoms. The minimum Gasteiger partial charge on any atom is -0.322 e. The van der Waals surface area contributed by atoms with Gasteiger partial charge in [-0.15, -0.1) is 0 Å². The quantitative estimate of drug-likeness (QED) is 0.823. The number of hydrogen-bond donors (Lipinski definition) is 1. The molecule has 0 bridgehead atoms. The van der Waals surface area contributed by atoms with Crippen LogP contribution < -0.4 is 5.32 Å². The Morgan fingerprint density at radius 1 is 1.11 bits per heavy atom. The Kier molecular flexibility index (Phi) is 4.27. The summed E-state index contributed by atoms with van der Waals surface area (Å²) in [5.74, 6) is -0.206. The molecule has 0 fully saturated rings. The van der Waals surface area contributed by atoms with Gasteiger partial charge in [-0.2, -0.15) is 0 Å². The van der Waals surface area contributed by atoms with E-state index >= 15 is 0 Å². The largest absolute Gasteiger partial charge is 0.322 e. The molecule has 1 N–H and O–H groups in total. The molecule has 0 atom stereocenters. The van der Waals surface area contributed by atoms with Gasteiger partial charge in [0.05, 0.1) is 10.6 Å². The van der Waals surface area contributed by atoms with Crippen LogP contribution in [0.15, 0.2) is 40.9 Å². The zero-order valence-corrected chi connectivity index (χ0v) is 13.0. The standard InChI is InChI=1S/C15H13BrClNO/c1-9-3-4-13(14(17)7-9)15(19)18-12-6-10(2)5-11(16)8-12/h3-8H,1-2H3,(H,18,19). The number of aryl methyl sites for hydroxylation is 2. The van der Waals surface area contributed by atoms with Gasteiger partial charge in [0.15, 0.2) is 0 Å². The molecule has 0 saturated heterocycles. The van der Waals surface area contributed by atoms with Crippen LogP contribution >= 0.6 is 27.5 Å². The van der Waals surface area contributed by atoms with Crippen molar-refractivity contribution in [1.29, 1.82) is 0 Å². The third-order valence-electron chi connectivity index (χ3n) is 2.67. The van der Waals surface area contributed by atoms with Crippen LogP contribution in [0.1, 0.15) is 21.5 Å². The average molecular weight is 339 g/mol. The third-order valence-corrected chi connectivity index (χ3v) is 3.44. The summed E-state index contributed by atoms with van der Waals surface area (Å²) in [5, 5.41) is 3.31. The highest BCUT2D eigenvalue weighted by Gasteiger charge is 2.11. The molecule has 98 valence electrons. The number of hydrogen-bond acceptors (Lipinski definition) is 1. The van der Waals surface area contributed by atoms with E-state index in [1.54, 1.807) is 12.1 Å². The lowest BCUT2D eigenvalue weighted by molar-refractivity contribution is 0.102. The molecule has 0 aromatic heterocycles. The van der Waals surface area contributed by atoms with Crippen molar-refractivity contribution in [3.8, 4) is 0 Å². The molecular formula is C15H13BrClNO. The van der Waals surface area contributed by atoms with Gasteiger partial charge in [-0.3, -0.25) is 4.79 Å². The van der Waals surface area contributed by atoms with Gasteiger partial charge in [0.25, 0.3) is 5.91 Å². The lowest BCUT2D eigenvalue weighted by Crippen LogP contribution is -2.12. The molecule has 2 aromatic carbocycles. The first-order valence-corrected chi connectivity index (χ1v) is 6.97. The van der Waals surface area contributed by atoms with Crippen molar-refractivity contribution >= 4 is 39.1 Å². The van der Waals surface area contributed by atoms with E-state index in [0.29, 0.717) is 10.6 Å². The molecule has 0 saturated carbocycles. The molecule has 0 heterocycles. The van der Waals surface area contributed by atoms with E-state index in [4.69, 9.17) is 11.6 Å². The molecular weight excluding hydrogens is 326 g/mol. The summed E-state index contributed by atoms with van der Waals surface area (Å²) in [6.45, 7) is 3.91. The zero-order valence-electron chi connectivity index (χ0n) is 10.6. The number of anilines is 1. The number of carbonyl (C=O) groups excluding carboxylic acids is 1. The van der Waals surface area contributed by atoms with Crippen LogP contribution in [0.2, 0.25) is 5.02 Å². The smallest absolute Gasteiger partial charge is 0.257 e. The fourth-order valence-electron chi connectivity index (χ4n) is 1.81. The van der Waals surface area contributed by atoms with Gasteiger partial charge in [-0.05, 0) is 55.3 Å². The lowest BCUT2D eigenvalue weighted by Gasteiger charge is -2.08. The van der Waals surface area contributed by atoms with Crippen LogP contribution in [0.4, 0.5) is 5.69 Å². The van der Waals surface area contributed by atoms with Crippen LogP contribution in [0.3, 0.4) is 0 Å². The number of benzene rings is 2. The third kappa shape index (κ3) is 3.58. The van der Waals surface area contributed by atoms with Crippen molar-refractivity contribution in [2.75, 3.05) is 5.32 Å². The minimum absolute atomic E-state index is 0.206. The van der Waals surface area contributed by atoms with E-state index in [2.05, 4.69) is 21.2 Å². The predicted octanol–water partition coefficient (Wildman–Crippen LogP) is 4.97. The summed E-state index contributed by atoms with van der Waals surface area (Å²) in [5.41, 5.74) is 3.32. The number of nitrogens with one attached hydrogen (secondary N) is 1. The van der Waals surface area contributed by atoms with E-state index in [9.17, 15) is 4.79 Å². The van der Waals surface area contributed by atoms with Crippen LogP contribution in [0.25, 0.3) is 0 Å². The maximum Gasteiger partial charge on any atom is 0.257 e. The number of amides is 1. The second-order valence-corrected chi connectivity index (χ2v) is 5.78. The fourth-order valence-corrected chi connectivity index (χ4v) is 2.74. The maximum absolute atomic E-state index is 12.2. The number of carbonyl (C=O) groups is 1. The SMILES string of the molecule is Cc1cc(Br)cc(NC(=O)c2ccc(C)cc2Cl)c1. The van der Waals surface area contributed by atoms with Gasteiger partial charge in [-0.1, -0.05) is 33.6 Å².